The Hall–Kier alpha value is -2.69. The first-order valence-corrected chi connectivity index (χ1v) is 6.29. The molecule has 0 saturated carbocycles. The summed E-state index contributed by atoms with van der Waals surface area (Å²) in [6, 6.07) is 12.2. The Morgan fingerprint density at radius 2 is 1.80 bits per heavy atom. The van der Waals surface area contributed by atoms with Crippen molar-refractivity contribution in [1.29, 1.82) is 0 Å². The van der Waals surface area contributed by atoms with E-state index in [-0.39, 0.29) is 5.91 Å². The van der Waals surface area contributed by atoms with E-state index in [1.807, 2.05) is 0 Å². The molecule has 0 atom stereocenters. The molecule has 3 rings (SSSR count). The van der Waals surface area contributed by atoms with Crippen molar-refractivity contribution in [3.63, 3.8) is 0 Å². The zero-order valence-electron chi connectivity index (χ0n) is 10.8. The van der Waals surface area contributed by atoms with Crippen LogP contribution in [-0.2, 0) is 0 Å². The molecule has 1 amide bonds. The number of carbonyl (C=O) groups excluding carboxylic acids is 1. The Morgan fingerprint density at radius 3 is 2.60 bits per heavy atom. The van der Waals surface area contributed by atoms with Crippen LogP contribution < -0.4 is 20.5 Å². The number of nitrogen functional groups attached to an aromatic ring is 1. The molecule has 0 spiro atoms. The summed E-state index contributed by atoms with van der Waals surface area (Å²) >= 11 is 0. The predicted octanol–water partition coefficient (Wildman–Crippen LogP) is 2.29. The van der Waals surface area contributed by atoms with Crippen molar-refractivity contribution in [2.45, 2.75) is 0 Å². The highest BCUT2D eigenvalue weighted by molar-refractivity contribution is 6.06. The van der Waals surface area contributed by atoms with Crippen LogP contribution in [0.2, 0.25) is 0 Å². The van der Waals surface area contributed by atoms with Crippen LogP contribution in [0.3, 0.4) is 0 Å². The summed E-state index contributed by atoms with van der Waals surface area (Å²) in [6.45, 7) is 0.940. The number of nitrogens with two attached hydrogens (primary N) is 1. The van der Waals surface area contributed by atoms with Crippen LogP contribution in [0, 0.1) is 0 Å². The van der Waals surface area contributed by atoms with Gasteiger partial charge >= 0.3 is 0 Å². The highest BCUT2D eigenvalue weighted by Crippen LogP contribution is 2.33. The van der Waals surface area contributed by atoms with E-state index in [0.29, 0.717) is 41.7 Å². The monoisotopic (exact) mass is 270 g/mol. The third-order valence-electron chi connectivity index (χ3n) is 2.98. The fraction of sp³-hybridized carbons (Fsp3) is 0.133. The number of rotatable bonds is 2. The van der Waals surface area contributed by atoms with Gasteiger partial charge in [-0.1, -0.05) is 6.07 Å². The second kappa shape index (κ2) is 5.13. The summed E-state index contributed by atoms with van der Waals surface area (Å²) in [4.78, 5) is 12.3. The second-order valence-corrected chi connectivity index (χ2v) is 4.41. The highest BCUT2D eigenvalue weighted by Gasteiger charge is 2.20. The third-order valence-corrected chi connectivity index (χ3v) is 2.98. The molecule has 0 aliphatic carbocycles. The maximum atomic E-state index is 12.3. The average molecular weight is 270 g/mol. The van der Waals surface area contributed by atoms with Gasteiger partial charge in [0.05, 0.1) is 5.56 Å². The minimum absolute atomic E-state index is 0.239. The maximum Gasteiger partial charge on any atom is 0.259 e. The van der Waals surface area contributed by atoms with Crippen LogP contribution in [-0.4, -0.2) is 19.1 Å². The van der Waals surface area contributed by atoms with Gasteiger partial charge in [-0.25, -0.2) is 0 Å². The molecule has 102 valence electrons. The molecule has 1 aliphatic rings. The molecule has 20 heavy (non-hydrogen) atoms. The molecule has 2 aromatic rings. The Labute approximate surface area is 116 Å². The van der Waals surface area contributed by atoms with E-state index in [1.165, 1.54) is 0 Å². The van der Waals surface area contributed by atoms with Crippen molar-refractivity contribution in [2.24, 2.45) is 0 Å². The minimum atomic E-state index is -0.239. The van der Waals surface area contributed by atoms with Gasteiger partial charge < -0.3 is 20.5 Å². The third kappa shape index (κ3) is 2.38. The number of hydrogen-bond acceptors (Lipinski definition) is 4. The lowest BCUT2D eigenvalue weighted by Crippen LogP contribution is -2.20. The molecule has 1 aliphatic heterocycles. The smallest absolute Gasteiger partial charge is 0.259 e. The Morgan fingerprint density at radius 1 is 1.05 bits per heavy atom. The lowest BCUT2D eigenvalue weighted by Gasteiger charge is -2.20. The maximum absolute atomic E-state index is 12.3. The van der Waals surface area contributed by atoms with Gasteiger partial charge in [0.15, 0.2) is 11.5 Å². The molecule has 0 fully saturated rings. The number of hydrogen-bond donors (Lipinski definition) is 2. The lowest BCUT2D eigenvalue weighted by molar-refractivity contribution is 0.101. The van der Waals surface area contributed by atoms with E-state index >= 15 is 0 Å². The molecule has 5 nitrogen and oxygen atoms in total. The minimum Gasteiger partial charge on any atom is -0.486 e. The Balaban J connectivity index is 1.85. The van der Waals surface area contributed by atoms with Crippen molar-refractivity contribution in [3.8, 4) is 11.5 Å². The van der Waals surface area contributed by atoms with Crippen LogP contribution in [0.5, 0.6) is 11.5 Å². The number of amides is 1. The fourth-order valence-corrected chi connectivity index (χ4v) is 2.02. The lowest BCUT2D eigenvalue weighted by atomic mass is 10.1. The predicted molar refractivity (Wildman–Crippen MR) is 76.2 cm³/mol. The van der Waals surface area contributed by atoms with E-state index in [0.717, 1.165) is 0 Å². The molecule has 5 heteroatoms. The number of para-hydroxylation sites is 1. The van der Waals surface area contributed by atoms with E-state index < -0.39 is 0 Å². The summed E-state index contributed by atoms with van der Waals surface area (Å²) in [6.07, 6.45) is 0. The quantitative estimate of drug-likeness (QED) is 0.821. The molecule has 3 N–H and O–H groups in total. The summed E-state index contributed by atoms with van der Waals surface area (Å²) < 4.78 is 11.0. The van der Waals surface area contributed by atoms with Crippen LogP contribution in [0.15, 0.2) is 42.5 Å². The zero-order valence-corrected chi connectivity index (χ0v) is 10.8. The molecule has 0 bridgehead atoms. The van der Waals surface area contributed by atoms with Crippen molar-refractivity contribution in [3.05, 3.63) is 48.0 Å². The molecule has 0 unspecified atom stereocenters. The summed E-state index contributed by atoms with van der Waals surface area (Å²) in [5, 5.41) is 2.81. The van der Waals surface area contributed by atoms with Crippen LogP contribution in [0.1, 0.15) is 10.4 Å². The fourth-order valence-electron chi connectivity index (χ4n) is 2.02. The molecule has 0 aromatic heterocycles. The van der Waals surface area contributed by atoms with Gasteiger partial charge in [0.2, 0.25) is 0 Å². The van der Waals surface area contributed by atoms with E-state index in [4.69, 9.17) is 15.2 Å². The van der Waals surface area contributed by atoms with Gasteiger partial charge in [0, 0.05) is 11.4 Å². The van der Waals surface area contributed by atoms with E-state index in [1.54, 1.807) is 42.5 Å². The number of nitrogens with one attached hydrogen (secondary N) is 1. The first-order chi connectivity index (χ1) is 9.74. The van der Waals surface area contributed by atoms with Gasteiger partial charge in [-0.15, -0.1) is 0 Å². The van der Waals surface area contributed by atoms with Gasteiger partial charge in [-0.05, 0) is 36.4 Å². The van der Waals surface area contributed by atoms with Gasteiger partial charge in [-0.3, -0.25) is 4.79 Å². The molecule has 1 heterocycles. The van der Waals surface area contributed by atoms with Crippen molar-refractivity contribution in [1.82, 2.24) is 0 Å². The first kappa shape index (κ1) is 12.3. The Bertz CT molecular complexity index is 638. The second-order valence-electron chi connectivity index (χ2n) is 4.41. The molecule has 2 aromatic carbocycles. The van der Waals surface area contributed by atoms with Crippen LogP contribution in [0.25, 0.3) is 0 Å². The molecular weight excluding hydrogens is 256 g/mol. The van der Waals surface area contributed by atoms with Crippen molar-refractivity contribution < 1.29 is 14.3 Å². The Kier molecular flexibility index (Phi) is 3.16. The average Bonchev–Trinajstić information content (AvgIpc) is 2.49. The van der Waals surface area contributed by atoms with Crippen LogP contribution in [0.4, 0.5) is 11.4 Å². The standard InChI is InChI=1S/C15H14N2O3/c16-10-4-6-11(7-5-10)17-15(18)12-2-1-3-13-14(12)20-9-8-19-13/h1-7H,8-9,16H2,(H,17,18). The van der Waals surface area contributed by atoms with Crippen LogP contribution >= 0.6 is 0 Å². The van der Waals surface area contributed by atoms with E-state index in [2.05, 4.69) is 5.32 Å². The van der Waals surface area contributed by atoms with Gasteiger partial charge in [0.25, 0.3) is 5.91 Å². The SMILES string of the molecule is Nc1ccc(NC(=O)c2cccc3c2OCCO3)cc1. The largest absolute Gasteiger partial charge is 0.486 e. The summed E-state index contributed by atoms with van der Waals surface area (Å²) in [5.41, 5.74) is 7.40. The number of fused-ring (bicyclic) bond motifs is 1. The molecular formula is C15H14N2O3. The normalized spacial score (nSPS) is 12.8. The van der Waals surface area contributed by atoms with Crippen molar-refractivity contribution in [2.75, 3.05) is 24.3 Å². The number of anilines is 2. The highest BCUT2D eigenvalue weighted by atomic mass is 16.6. The first-order valence-electron chi connectivity index (χ1n) is 6.29. The van der Waals surface area contributed by atoms with Crippen molar-refractivity contribution >= 4 is 17.3 Å². The number of benzene rings is 2. The van der Waals surface area contributed by atoms with Gasteiger partial charge in [0.1, 0.15) is 13.2 Å². The number of ether oxygens (including phenoxy) is 2. The van der Waals surface area contributed by atoms with Gasteiger partial charge in [-0.2, -0.15) is 0 Å². The zero-order chi connectivity index (χ0) is 13.9. The summed E-state index contributed by atoms with van der Waals surface area (Å²) in [5.74, 6) is 0.852. The molecule has 0 radical (unpaired) electrons. The number of carbonyl (C=O) groups is 1. The van der Waals surface area contributed by atoms with E-state index in [9.17, 15) is 4.79 Å². The summed E-state index contributed by atoms with van der Waals surface area (Å²) in [7, 11) is 0. The molecule has 0 saturated heterocycles. The topological polar surface area (TPSA) is 73.6 Å².